The fourth-order valence-corrected chi connectivity index (χ4v) is 3.74. The van der Waals surface area contributed by atoms with Gasteiger partial charge in [-0.25, -0.2) is 0 Å². The van der Waals surface area contributed by atoms with E-state index in [9.17, 15) is 4.79 Å². The number of carbonyl (C=O) groups excluding carboxylic acids is 1. The number of nitrogens with zero attached hydrogens (tertiary/aromatic N) is 3. The average molecular weight is 354 g/mol. The van der Waals surface area contributed by atoms with Crippen molar-refractivity contribution < 1.29 is 4.79 Å². The lowest BCUT2D eigenvalue weighted by atomic mass is 9.99. The van der Waals surface area contributed by atoms with Crippen LogP contribution in [0.15, 0.2) is 67.0 Å². The first-order valence-electron chi connectivity index (χ1n) is 9.04. The van der Waals surface area contributed by atoms with E-state index >= 15 is 0 Å². The number of nitrogens with one attached hydrogen (secondary N) is 1. The van der Waals surface area contributed by atoms with Crippen LogP contribution in [-0.4, -0.2) is 32.5 Å². The summed E-state index contributed by atoms with van der Waals surface area (Å²) in [5, 5.41) is 8.01. The number of hydrogen-bond donors (Lipinski definition) is 1. The number of hydrogen-bond acceptors (Lipinski definition) is 3. The molecule has 5 nitrogen and oxygen atoms in total. The second-order valence-corrected chi connectivity index (χ2v) is 6.79. The summed E-state index contributed by atoms with van der Waals surface area (Å²) in [7, 11) is 0. The Morgan fingerprint density at radius 1 is 1.00 bits per heavy atom. The Kier molecular flexibility index (Phi) is 3.71. The van der Waals surface area contributed by atoms with E-state index in [1.54, 1.807) is 6.20 Å². The van der Waals surface area contributed by atoms with Crippen LogP contribution in [0.1, 0.15) is 21.6 Å². The van der Waals surface area contributed by atoms with E-state index in [2.05, 4.69) is 22.3 Å². The third kappa shape index (κ3) is 2.77. The van der Waals surface area contributed by atoms with Crippen molar-refractivity contribution in [3.63, 3.8) is 0 Å². The highest BCUT2D eigenvalue weighted by Gasteiger charge is 2.29. The topological polar surface area (TPSA) is 61.9 Å². The van der Waals surface area contributed by atoms with Gasteiger partial charge in [-0.3, -0.25) is 14.9 Å². The molecule has 3 heterocycles. The van der Waals surface area contributed by atoms with Gasteiger partial charge in [-0.15, -0.1) is 0 Å². The average Bonchev–Trinajstić information content (AvgIpc) is 3.35. The predicted molar refractivity (Wildman–Crippen MR) is 104 cm³/mol. The van der Waals surface area contributed by atoms with Crippen molar-refractivity contribution in [3.8, 4) is 11.1 Å². The zero-order valence-electron chi connectivity index (χ0n) is 14.7. The number of fused-ring (bicyclic) bond motifs is 2. The van der Waals surface area contributed by atoms with Crippen molar-refractivity contribution in [2.45, 2.75) is 13.0 Å². The molecule has 1 N–H and O–H groups in total. The van der Waals surface area contributed by atoms with Crippen LogP contribution < -0.4 is 0 Å². The number of benzene rings is 2. The molecule has 5 heteroatoms. The smallest absolute Gasteiger partial charge is 0.254 e. The first kappa shape index (κ1) is 15.8. The minimum atomic E-state index is 0.0936. The van der Waals surface area contributed by atoms with E-state index in [1.165, 1.54) is 0 Å². The third-order valence-electron chi connectivity index (χ3n) is 5.15. The highest BCUT2D eigenvalue weighted by molar-refractivity contribution is 6.00. The van der Waals surface area contributed by atoms with Gasteiger partial charge in [0.25, 0.3) is 5.91 Å². The normalized spacial score (nSPS) is 13.3. The van der Waals surface area contributed by atoms with Crippen LogP contribution in [0.4, 0.5) is 0 Å². The zero-order valence-corrected chi connectivity index (χ0v) is 14.7. The molecule has 0 aliphatic carbocycles. The summed E-state index contributed by atoms with van der Waals surface area (Å²) in [5.41, 5.74) is 5.95. The minimum Gasteiger partial charge on any atom is -0.334 e. The Morgan fingerprint density at radius 3 is 2.78 bits per heavy atom. The summed E-state index contributed by atoms with van der Waals surface area (Å²) >= 11 is 0. The highest BCUT2D eigenvalue weighted by atomic mass is 16.2. The van der Waals surface area contributed by atoms with E-state index in [1.807, 2.05) is 53.6 Å². The molecule has 0 fully saturated rings. The van der Waals surface area contributed by atoms with Gasteiger partial charge >= 0.3 is 0 Å². The third-order valence-corrected chi connectivity index (χ3v) is 5.15. The summed E-state index contributed by atoms with van der Waals surface area (Å²) in [4.78, 5) is 19.5. The Labute approximate surface area is 156 Å². The van der Waals surface area contributed by atoms with Crippen LogP contribution in [-0.2, 0) is 13.0 Å². The molecule has 0 unspecified atom stereocenters. The molecule has 1 amide bonds. The number of aromatic nitrogens is 3. The number of H-pyrrole nitrogens is 1. The fraction of sp³-hybridized carbons (Fsp3) is 0.136. The molecule has 27 heavy (non-hydrogen) atoms. The lowest BCUT2D eigenvalue weighted by Gasteiger charge is -2.15. The van der Waals surface area contributed by atoms with Gasteiger partial charge in [-0.2, -0.15) is 5.10 Å². The van der Waals surface area contributed by atoms with E-state index < -0.39 is 0 Å². The maximum absolute atomic E-state index is 12.8. The molecule has 5 rings (SSSR count). The lowest BCUT2D eigenvalue weighted by molar-refractivity contribution is 0.0780. The maximum Gasteiger partial charge on any atom is 0.254 e. The molecule has 2 aromatic heterocycles. The van der Waals surface area contributed by atoms with Crippen molar-refractivity contribution in [2.75, 3.05) is 6.54 Å². The molecule has 1 aliphatic rings. The number of amides is 1. The molecular formula is C22H18N4O. The standard InChI is InChI=1S/C22H18N4O/c27-22-19-6-3-5-18(16-12-23-24-13-16)20(19)14-26(22)11-10-17-9-8-15-4-1-2-7-21(15)25-17/h1-9,12-13H,10-11,14H2,(H,23,24). The van der Waals surface area contributed by atoms with Crippen LogP contribution in [0.3, 0.4) is 0 Å². The highest BCUT2D eigenvalue weighted by Crippen LogP contribution is 2.32. The zero-order chi connectivity index (χ0) is 18.2. The maximum atomic E-state index is 12.8. The van der Waals surface area contributed by atoms with Crippen molar-refractivity contribution in [1.82, 2.24) is 20.1 Å². The number of carbonyl (C=O) groups is 1. The molecule has 0 radical (unpaired) electrons. The summed E-state index contributed by atoms with van der Waals surface area (Å²) in [6.07, 6.45) is 4.40. The molecule has 2 aromatic carbocycles. The largest absolute Gasteiger partial charge is 0.334 e. The number of pyridine rings is 1. The van der Waals surface area contributed by atoms with Crippen molar-refractivity contribution in [3.05, 3.63) is 83.8 Å². The monoisotopic (exact) mass is 354 g/mol. The van der Waals surface area contributed by atoms with E-state index in [0.29, 0.717) is 13.1 Å². The summed E-state index contributed by atoms with van der Waals surface area (Å²) in [6.45, 7) is 1.28. The number of aromatic amines is 1. The van der Waals surface area contributed by atoms with Crippen molar-refractivity contribution in [1.29, 1.82) is 0 Å². The van der Waals surface area contributed by atoms with Gasteiger partial charge in [-0.1, -0.05) is 36.4 Å². The minimum absolute atomic E-state index is 0.0936. The number of rotatable bonds is 4. The molecule has 0 saturated carbocycles. The van der Waals surface area contributed by atoms with Gasteiger partial charge in [0.1, 0.15) is 0 Å². The van der Waals surface area contributed by atoms with E-state index in [-0.39, 0.29) is 5.91 Å². The fourth-order valence-electron chi connectivity index (χ4n) is 3.74. The van der Waals surface area contributed by atoms with Crippen molar-refractivity contribution in [2.24, 2.45) is 0 Å². The summed E-state index contributed by atoms with van der Waals surface area (Å²) in [6, 6.07) is 18.1. The SMILES string of the molecule is O=C1c2cccc(-c3cn[nH]c3)c2CN1CCc1ccc2ccccc2n1. The molecule has 0 saturated heterocycles. The number of para-hydroxylation sites is 1. The van der Waals surface area contributed by atoms with Gasteiger partial charge < -0.3 is 4.90 Å². The van der Waals surface area contributed by atoms with Crippen molar-refractivity contribution >= 4 is 16.8 Å². The predicted octanol–water partition coefficient (Wildman–Crippen LogP) is 3.82. The summed E-state index contributed by atoms with van der Waals surface area (Å²) < 4.78 is 0. The molecule has 4 aromatic rings. The molecular weight excluding hydrogens is 336 g/mol. The van der Waals surface area contributed by atoms with Crippen LogP contribution in [0.5, 0.6) is 0 Å². The van der Waals surface area contributed by atoms with Crippen LogP contribution >= 0.6 is 0 Å². The second-order valence-electron chi connectivity index (χ2n) is 6.79. The van der Waals surface area contributed by atoms with Gasteiger partial charge in [0, 0.05) is 47.9 Å². The Bertz CT molecular complexity index is 1130. The molecule has 0 atom stereocenters. The van der Waals surface area contributed by atoms with Gasteiger partial charge in [0.05, 0.1) is 11.7 Å². The lowest BCUT2D eigenvalue weighted by Crippen LogP contribution is -2.26. The van der Waals surface area contributed by atoms with Gasteiger partial charge in [0.2, 0.25) is 0 Å². The molecule has 1 aliphatic heterocycles. The van der Waals surface area contributed by atoms with Crippen LogP contribution in [0.2, 0.25) is 0 Å². The van der Waals surface area contributed by atoms with Crippen LogP contribution in [0, 0.1) is 0 Å². The quantitative estimate of drug-likeness (QED) is 0.606. The van der Waals surface area contributed by atoms with E-state index in [4.69, 9.17) is 4.98 Å². The molecule has 0 bridgehead atoms. The Balaban J connectivity index is 1.37. The van der Waals surface area contributed by atoms with Gasteiger partial charge in [0.15, 0.2) is 0 Å². The molecule has 132 valence electrons. The first-order chi connectivity index (χ1) is 13.3. The van der Waals surface area contributed by atoms with Crippen LogP contribution in [0.25, 0.3) is 22.0 Å². The van der Waals surface area contributed by atoms with E-state index in [0.717, 1.165) is 45.3 Å². The summed E-state index contributed by atoms with van der Waals surface area (Å²) in [5.74, 6) is 0.0936. The first-order valence-corrected chi connectivity index (χ1v) is 9.04. The van der Waals surface area contributed by atoms with Gasteiger partial charge in [-0.05, 0) is 29.3 Å². The Hall–Kier alpha value is -3.47. The second kappa shape index (κ2) is 6.36. The molecule has 0 spiro atoms. The Morgan fingerprint density at radius 2 is 1.89 bits per heavy atom.